The van der Waals surface area contributed by atoms with Gasteiger partial charge in [0.1, 0.15) is 12.4 Å². The van der Waals surface area contributed by atoms with Crippen molar-refractivity contribution in [2.75, 3.05) is 5.43 Å². The maximum Gasteiger partial charge on any atom is 0.158 e. The number of nitrogens with zero attached hydrogens (tertiary/aromatic N) is 2. The number of aromatic nitrogens is 2. The first kappa shape index (κ1) is 13.6. The minimum Gasteiger partial charge on any atom is -0.487 e. The zero-order valence-corrected chi connectivity index (χ0v) is 11.5. The van der Waals surface area contributed by atoms with Gasteiger partial charge in [0.2, 0.25) is 0 Å². The molecule has 0 spiro atoms. The lowest BCUT2D eigenvalue weighted by molar-refractivity contribution is 0.300. The number of rotatable bonds is 4. The number of hydrazine groups is 1. The molecule has 2 aromatic rings. The summed E-state index contributed by atoms with van der Waals surface area (Å²) in [5.41, 5.74) is 5.13. The fraction of sp³-hybridized carbons (Fsp3) is 0.231. The number of hydrogen-bond donors (Lipinski definition) is 2. The van der Waals surface area contributed by atoms with Gasteiger partial charge in [-0.25, -0.2) is 10.8 Å². The Hall–Kier alpha value is -1.85. The molecular weight excluding hydrogens is 264 g/mol. The van der Waals surface area contributed by atoms with Gasteiger partial charge in [-0.2, -0.15) is 0 Å². The molecule has 0 saturated heterocycles. The summed E-state index contributed by atoms with van der Waals surface area (Å²) in [4.78, 5) is 8.23. The Bertz CT molecular complexity index is 548. The van der Waals surface area contributed by atoms with Gasteiger partial charge >= 0.3 is 0 Å². The monoisotopic (exact) mass is 278 g/mol. The highest BCUT2D eigenvalue weighted by molar-refractivity contribution is 6.32. The summed E-state index contributed by atoms with van der Waals surface area (Å²) in [6.45, 7) is 4.24. The molecule has 0 aliphatic carbocycles. The number of anilines is 1. The Morgan fingerprint density at radius 1 is 1.21 bits per heavy atom. The molecule has 19 heavy (non-hydrogen) atoms. The average molecular weight is 279 g/mol. The second-order valence-electron chi connectivity index (χ2n) is 4.20. The number of aryl methyl sites for hydroxylation is 2. The minimum atomic E-state index is 0.346. The van der Waals surface area contributed by atoms with Gasteiger partial charge in [-0.15, -0.1) is 0 Å². The van der Waals surface area contributed by atoms with Gasteiger partial charge in [0.25, 0.3) is 0 Å². The predicted molar refractivity (Wildman–Crippen MR) is 75.1 cm³/mol. The van der Waals surface area contributed by atoms with E-state index in [9.17, 15) is 0 Å². The summed E-state index contributed by atoms with van der Waals surface area (Å²) in [5, 5.41) is 0.769. The largest absolute Gasteiger partial charge is 0.487 e. The van der Waals surface area contributed by atoms with Gasteiger partial charge in [-0.1, -0.05) is 11.6 Å². The zero-order valence-electron chi connectivity index (χ0n) is 10.8. The van der Waals surface area contributed by atoms with Crippen LogP contribution in [0.25, 0.3) is 0 Å². The zero-order chi connectivity index (χ0) is 13.8. The van der Waals surface area contributed by atoms with E-state index in [-0.39, 0.29) is 0 Å². The lowest BCUT2D eigenvalue weighted by atomic mass is 10.1. The van der Waals surface area contributed by atoms with Crippen LogP contribution in [0.2, 0.25) is 5.02 Å². The van der Waals surface area contributed by atoms with Crippen molar-refractivity contribution in [2.24, 2.45) is 5.84 Å². The van der Waals surface area contributed by atoms with E-state index in [4.69, 9.17) is 22.2 Å². The SMILES string of the molecule is Cc1cc(OCc2cnc(NN)cn2)cc(C)c1Cl. The van der Waals surface area contributed by atoms with Crippen molar-refractivity contribution in [2.45, 2.75) is 20.5 Å². The van der Waals surface area contributed by atoms with Gasteiger partial charge in [-0.3, -0.25) is 4.98 Å². The summed E-state index contributed by atoms with van der Waals surface area (Å²) in [6.07, 6.45) is 3.17. The molecular formula is C13H15ClN4O. The van der Waals surface area contributed by atoms with Crippen LogP contribution in [0, 0.1) is 13.8 Å². The number of nitrogens with two attached hydrogens (primary N) is 1. The van der Waals surface area contributed by atoms with Crippen LogP contribution in [0.5, 0.6) is 5.75 Å². The summed E-state index contributed by atoms with van der Waals surface area (Å²) in [6, 6.07) is 3.80. The van der Waals surface area contributed by atoms with Gasteiger partial charge < -0.3 is 10.2 Å². The molecule has 0 bridgehead atoms. The van der Waals surface area contributed by atoms with E-state index < -0.39 is 0 Å². The number of benzene rings is 1. The molecule has 0 amide bonds. The standard InChI is InChI=1S/C13H15ClN4O/c1-8-3-11(4-9(2)13(8)14)19-7-10-5-17-12(18-15)6-16-10/h3-6H,7,15H2,1-2H3,(H,17,18). The first-order chi connectivity index (χ1) is 9.10. The van der Waals surface area contributed by atoms with Gasteiger partial charge in [0, 0.05) is 5.02 Å². The van der Waals surface area contributed by atoms with Crippen LogP contribution in [-0.4, -0.2) is 9.97 Å². The van der Waals surface area contributed by atoms with E-state index in [1.165, 1.54) is 0 Å². The van der Waals surface area contributed by atoms with Crippen molar-refractivity contribution < 1.29 is 4.74 Å². The molecule has 1 aromatic heterocycles. The van der Waals surface area contributed by atoms with E-state index >= 15 is 0 Å². The topological polar surface area (TPSA) is 73.1 Å². The molecule has 1 aromatic carbocycles. The highest BCUT2D eigenvalue weighted by atomic mass is 35.5. The van der Waals surface area contributed by atoms with Crippen molar-refractivity contribution in [1.29, 1.82) is 0 Å². The summed E-state index contributed by atoms with van der Waals surface area (Å²) in [5.74, 6) is 6.50. The van der Waals surface area contributed by atoms with E-state index in [2.05, 4.69) is 15.4 Å². The van der Waals surface area contributed by atoms with Gasteiger partial charge in [0.05, 0.1) is 18.1 Å². The van der Waals surface area contributed by atoms with Crippen LogP contribution in [0.1, 0.15) is 16.8 Å². The third-order valence-electron chi connectivity index (χ3n) is 2.65. The molecule has 0 aliphatic rings. The van der Waals surface area contributed by atoms with Crippen molar-refractivity contribution in [1.82, 2.24) is 9.97 Å². The van der Waals surface area contributed by atoms with Gasteiger partial charge in [0.15, 0.2) is 5.82 Å². The minimum absolute atomic E-state index is 0.346. The molecule has 0 aliphatic heterocycles. The van der Waals surface area contributed by atoms with Crippen LogP contribution in [0.4, 0.5) is 5.82 Å². The molecule has 100 valence electrons. The normalized spacial score (nSPS) is 10.3. The first-order valence-electron chi connectivity index (χ1n) is 5.77. The molecule has 0 unspecified atom stereocenters. The Kier molecular flexibility index (Phi) is 4.19. The molecule has 5 nitrogen and oxygen atoms in total. The quantitative estimate of drug-likeness (QED) is 0.664. The van der Waals surface area contributed by atoms with Crippen LogP contribution in [0.3, 0.4) is 0 Å². The molecule has 1 heterocycles. The summed E-state index contributed by atoms with van der Waals surface area (Å²) in [7, 11) is 0. The maximum atomic E-state index is 6.10. The molecule has 0 saturated carbocycles. The molecule has 0 radical (unpaired) electrons. The molecule has 2 rings (SSSR count). The number of halogens is 1. The van der Waals surface area contributed by atoms with Crippen molar-refractivity contribution >= 4 is 17.4 Å². The van der Waals surface area contributed by atoms with Crippen LogP contribution in [0.15, 0.2) is 24.5 Å². The fourth-order valence-corrected chi connectivity index (χ4v) is 1.76. The van der Waals surface area contributed by atoms with Crippen LogP contribution >= 0.6 is 11.6 Å². The summed E-state index contributed by atoms with van der Waals surface area (Å²) < 4.78 is 5.67. The lowest BCUT2D eigenvalue weighted by Crippen LogP contribution is -2.09. The smallest absolute Gasteiger partial charge is 0.158 e. The first-order valence-corrected chi connectivity index (χ1v) is 6.15. The van der Waals surface area contributed by atoms with Crippen LogP contribution < -0.4 is 16.0 Å². The van der Waals surface area contributed by atoms with Gasteiger partial charge in [-0.05, 0) is 37.1 Å². The predicted octanol–water partition coefficient (Wildman–Crippen LogP) is 2.61. The molecule has 0 fully saturated rings. The molecule has 6 heteroatoms. The highest BCUT2D eigenvalue weighted by Crippen LogP contribution is 2.26. The van der Waals surface area contributed by atoms with E-state index in [1.54, 1.807) is 12.4 Å². The second-order valence-corrected chi connectivity index (χ2v) is 4.58. The third kappa shape index (κ3) is 3.33. The highest BCUT2D eigenvalue weighted by Gasteiger charge is 2.04. The maximum absolute atomic E-state index is 6.10. The molecule has 0 atom stereocenters. The number of nitrogens with one attached hydrogen (secondary N) is 1. The Morgan fingerprint density at radius 2 is 1.89 bits per heavy atom. The van der Waals surface area contributed by atoms with Crippen molar-refractivity contribution in [3.63, 3.8) is 0 Å². The van der Waals surface area contributed by atoms with E-state index in [0.29, 0.717) is 12.4 Å². The number of nitrogen functional groups attached to an aromatic ring is 1. The van der Waals surface area contributed by atoms with Crippen molar-refractivity contribution in [3.8, 4) is 5.75 Å². The number of hydrogen-bond acceptors (Lipinski definition) is 5. The van der Waals surface area contributed by atoms with Crippen molar-refractivity contribution in [3.05, 3.63) is 46.4 Å². The second kappa shape index (κ2) is 5.86. The fourth-order valence-electron chi connectivity index (χ4n) is 1.65. The Morgan fingerprint density at radius 3 is 2.42 bits per heavy atom. The Labute approximate surface area is 116 Å². The lowest BCUT2D eigenvalue weighted by Gasteiger charge is -2.09. The van der Waals surface area contributed by atoms with E-state index in [0.717, 1.165) is 27.6 Å². The Balaban J connectivity index is 2.05. The van der Waals surface area contributed by atoms with Crippen LogP contribution in [-0.2, 0) is 6.61 Å². The summed E-state index contributed by atoms with van der Waals surface area (Å²) >= 11 is 6.10. The average Bonchev–Trinajstić information content (AvgIpc) is 2.43. The van der Waals surface area contributed by atoms with E-state index in [1.807, 2.05) is 26.0 Å². The number of ether oxygens (including phenoxy) is 1. The molecule has 3 N–H and O–H groups in total. The third-order valence-corrected chi connectivity index (χ3v) is 3.25.